The lowest BCUT2D eigenvalue weighted by Crippen LogP contribution is -2.00. The van der Waals surface area contributed by atoms with Crippen LogP contribution < -0.4 is 0 Å². The van der Waals surface area contributed by atoms with Gasteiger partial charge in [0.15, 0.2) is 5.78 Å². The maximum absolute atomic E-state index is 12.7. The summed E-state index contributed by atoms with van der Waals surface area (Å²) in [6.45, 7) is 0.103. The number of hydrogen-bond acceptors (Lipinski definition) is 2. The van der Waals surface area contributed by atoms with Crippen LogP contribution in [0.4, 0.5) is 4.39 Å². The minimum atomic E-state index is -0.445. The molecule has 0 radical (unpaired) electrons. The zero-order valence-corrected chi connectivity index (χ0v) is 7.35. The van der Waals surface area contributed by atoms with E-state index in [1.54, 1.807) is 0 Å². The fourth-order valence-corrected chi connectivity index (χ4v) is 1.00. The lowest BCUT2D eigenvalue weighted by molar-refractivity contribution is 0.0985. The molecule has 1 aromatic carbocycles. The van der Waals surface area contributed by atoms with Crippen molar-refractivity contribution in [2.24, 2.45) is 5.11 Å². The molecule has 0 spiro atoms. The summed E-state index contributed by atoms with van der Waals surface area (Å²) in [6.07, 6.45) is 0.105. The predicted molar refractivity (Wildman–Crippen MR) is 49.4 cm³/mol. The largest absolute Gasteiger partial charge is 0.294 e. The topological polar surface area (TPSA) is 65.8 Å². The van der Waals surface area contributed by atoms with Crippen molar-refractivity contribution in [3.63, 3.8) is 0 Å². The molecule has 14 heavy (non-hydrogen) atoms. The smallest absolute Gasteiger partial charge is 0.163 e. The Morgan fingerprint density at radius 2 is 2.36 bits per heavy atom. The Kier molecular flexibility index (Phi) is 3.64. The minimum absolute atomic E-state index is 0.103. The normalized spacial score (nSPS) is 9.21. The van der Waals surface area contributed by atoms with E-state index in [0.29, 0.717) is 5.56 Å². The van der Waals surface area contributed by atoms with Crippen molar-refractivity contribution in [3.05, 3.63) is 46.1 Å². The van der Waals surface area contributed by atoms with Crippen molar-refractivity contribution in [1.29, 1.82) is 0 Å². The third kappa shape index (κ3) is 2.88. The van der Waals surface area contributed by atoms with Gasteiger partial charge in [-0.1, -0.05) is 17.2 Å². The van der Waals surface area contributed by atoms with Crippen molar-refractivity contribution in [1.82, 2.24) is 0 Å². The Bertz CT molecular complexity index is 385. The van der Waals surface area contributed by atoms with E-state index in [9.17, 15) is 9.18 Å². The van der Waals surface area contributed by atoms with Crippen molar-refractivity contribution in [2.45, 2.75) is 6.42 Å². The molecule has 0 N–H and O–H groups in total. The van der Waals surface area contributed by atoms with E-state index in [-0.39, 0.29) is 18.7 Å². The zero-order chi connectivity index (χ0) is 10.4. The quantitative estimate of drug-likeness (QED) is 0.313. The second kappa shape index (κ2) is 4.99. The van der Waals surface area contributed by atoms with E-state index >= 15 is 0 Å². The highest BCUT2D eigenvalue weighted by Crippen LogP contribution is 2.06. The number of carbonyl (C=O) groups is 1. The number of Topliss-reactive ketones (excluding diaryl/α,β-unsaturated/α-hetero) is 1. The molecular weight excluding hydrogens is 185 g/mol. The summed E-state index contributed by atoms with van der Waals surface area (Å²) in [5.41, 5.74) is 8.28. The van der Waals surface area contributed by atoms with Gasteiger partial charge in [-0.3, -0.25) is 4.79 Å². The molecule has 1 rings (SSSR count). The average molecular weight is 193 g/mol. The van der Waals surface area contributed by atoms with Crippen LogP contribution in [-0.2, 0) is 0 Å². The highest BCUT2D eigenvalue weighted by Gasteiger charge is 2.04. The van der Waals surface area contributed by atoms with Gasteiger partial charge in [0.1, 0.15) is 5.82 Å². The van der Waals surface area contributed by atoms with Crippen molar-refractivity contribution < 1.29 is 9.18 Å². The number of benzene rings is 1. The van der Waals surface area contributed by atoms with Gasteiger partial charge in [-0.15, -0.1) is 0 Å². The molecule has 0 fully saturated rings. The van der Waals surface area contributed by atoms with Gasteiger partial charge in [0, 0.05) is 23.4 Å². The Morgan fingerprint density at radius 3 is 3.00 bits per heavy atom. The van der Waals surface area contributed by atoms with Gasteiger partial charge in [-0.2, -0.15) is 0 Å². The summed E-state index contributed by atoms with van der Waals surface area (Å²) in [4.78, 5) is 13.8. The summed E-state index contributed by atoms with van der Waals surface area (Å²) >= 11 is 0. The Balaban J connectivity index is 2.65. The van der Waals surface area contributed by atoms with Crippen molar-refractivity contribution in [3.8, 4) is 0 Å². The molecule has 0 aliphatic carbocycles. The number of hydrogen-bond donors (Lipinski definition) is 0. The molecule has 0 heterocycles. The van der Waals surface area contributed by atoms with Crippen LogP contribution in [0.15, 0.2) is 29.4 Å². The summed E-state index contributed by atoms with van der Waals surface area (Å²) in [5.74, 6) is -0.670. The van der Waals surface area contributed by atoms with Crippen LogP contribution >= 0.6 is 0 Å². The van der Waals surface area contributed by atoms with Gasteiger partial charge >= 0.3 is 0 Å². The molecule has 0 saturated heterocycles. The molecule has 4 nitrogen and oxygen atoms in total. The lowest BCUT2D eigenvalue weighted by Gasteiger charge is -1.97. The molecule has 0 saturated carbocycles. The van der Waals surface area contributed by atoms with E-state index in [0.717, 1.165) is 0 Å². The van der Waals surface area contributed by atoms with Crippen LogP contribution in [0.3, 0.4) is 0 Å². The van der Waals surface area contributed by atoms with Gasteiger partial charge in [0.25, 0.3) is 0 Å². The Hall–Kier alpha value is -1.87. The first-order valence-electron chi connectivity index (χ1n) is 4.03. The number of ketones is 1. The van der Waals surface area contributed by atoms with Gasteiger partial charge in [-0.25, -0.2) is 4.39 Å². The Morgan fingerprint density at radius 1 is 1.57 bits per heavy atom. The SMILES string of the molecule is [N-]=[N+]=NCCC(=O)c1cccc(F)c1. The van der Waals surface area contributed by atoms with E-state index in [4.69, 9.17) is 5.53 Å². The minimum Gasteiger partial charge on any atom is -0.294 e. The molecule has 72 valence electrons. The number of carbonyl (C=O) groups excluding carboxylic acids is 1. The molecule has 0 atom stereocenters. The highest BCUT2D eigenvalue weighted by molar-refractivity contribution is 5.96. The van der Waals surface area contributed by atoms with E-state index < -0.39 is 5.82 Å². The lowest BCUT2D eigenvalue weighted by atomic mass is 10.1. The molecule has 0 bridgehead atoms. The first-order chi connectivity index (χ1) is 6.74. The Labute approximate surface area is 80.0 Å². The van der Waals surface area contributed by atoms with Crippen LogP contribution in [0.25, 0.3) is 10.4 Å². The second-order valence-corrected chi connectivity index (χ2v) is 2.64. The number of nitrogens with zero attached hydrogens (tertiary/aromatic N) is 3. The number of rotatable bonds is 4. The first kappa shape index (κ1) is 10.2. The predicted octanol–water partition coefficient (Wildman–Crippen LogP) is 2.71. The van der Waals surface area contributed by atoms with E-state index in [1.165, 1.54) is 24.3 Å². The zero-order valence-electron chi connectivity index (χ0n) is 7.35. The number of azide groups is 1. The third-order valence-corrected chi connectivity index (χ3v) is 1.65. The molecule has 0 aliphatic rings. The van der Waals surface area contributed by atoms with Crippen LogP contribution in [-0.4, -0.2) is 12.3 Å². The van der Waals surface area contributed by atoms with Crippen LogP contribution in [0, 0.1) is 5.82 Å². The summed E-state index contributed by atoms with van der Waals surface area (Å²) in [5, 5.41) is 3.23. The van der Waals surface area contributed by atoms with Gasteiger partial charge < -0.3 is 0 Å². The third-order valence-electron chi connectivity index (χ3n) is 1.65. The van der Waals surface area contributed by atoms with Crippen LogP contribution in [0.1, 0.15) is 16.8 Å². The van der Waals surface area contributed by atoms with E-state index in [1.807, 2.05) is 0 Å². The fraction of sp³-hybridized carbons (Fsp3) is 0.222. The van der Waals surface area contributed by atoms with Crippen molar-refractivity contribution in [2.75, 3.05) is 6.54 Å². The summed E-state index contributed by atoms with van der Waals surface area (Å²) in [7, 11) is 0. The molecule has 0 amide bonds. The van der Waals surface area contributed by atoms with Gasteiger partial charge in [0.2, 0.25) is 0 Å². The highest BCUT2D eigenvalue weighted by atomic mass is 19.1. The summed E-state index contributed by atoms with van der Waals surface area (Å²) in [6, 6.07) is 5.43. The second-order valence-electron chi connectivity index (χ2n) is 2.64. The maximum Gasteiger partial charge on any atom is 0.163 e. The van der Waals surface area contributed by atoms with Crippen molar-refractivity contribution >= 4 is 5.78 Å². The van der Waals surface area contributed by atoms with Crippen LogP contribution in [0.2, 0.25) is 0 Å². The standard InChI is InChI=1S/C9H8FN3O/c10-8-3-1-2-7(6-8)9(14)4-5-12-13-11/h1-3,6H,4-5H2. The van der Waals surface area contributed by atoms with Gasteiger partial charge in [-0.05, 0) is 17.7 Å². The fourth-order valence-electron chi connectivity index (χ4n) is 1.00. The summed E-state index contributed by atoms with van der Waals surface area (Å²) < 4.78 is 12.7. The first-order valence-corrected chi connectivity index (χ1v) is 4.03. The van der Waals surface area contributed by atoms with Crippen LogP contribution in [0.5, 0.6) is 0 Å². The molecule has 5 heteroatoms. The number of halogens is 1. The maximum atomic E-state index is 12.7. The molecule has 1 aromatic rings. The van der Waals surface area contributed by atoms with E-state index in [2.05, 4.69) is 10.0 Å². The molecule has 0 aliphatic heterocycles. The van der Waals surface area contributed by atoms with Gasteiger partial charge in [0.05, 0.1) is 0 Å². The average Bonchev–Trinajstić information content (AvgIpc) is 2.18. The monoisotopic (exact) mass is 193 g/mol. The molecular formula is C9H8FN3O. The molecule has 0 unspecified atom stereocenters. The molecule has 0 aromatic heterocycles.